The third kappa shape index (κ3) is 2.89. The summed E-state index contributed by atoms with van der Waals surface area (Å²) in [5.41, 5.74) is 0. The van der Waals surface area contributed by atoms with E-state index in [2.05, 4.69) is 17.3 Å². The maximum atomic E-state index is 5.57. The third-order valence-corrected chi connectivity index (χ3v) is 5.29. The molecule has 3 unspecified atom stereocenters. The van der Waals surface area contributed by atoms with Crippen molar-refractivity contribution in [3.8, 4) is 0 Å². The molecule has 3 heteroatoms. The van der Waals surface area contributed by atoms with E-state index in [-0.39, 0.29) is 0 Å². The van der Waals surface area contributed by atoms with Gasteiger partial charge in [-0.15, -0.1) is 0 Å². The monoisotopic (exact) mass is 252 g/mol. The smallest absolute Gasteiger partial charge is 0.0506 e. The van der Waals surface area contributed by atoms with Crippen LogP contribution in [0.3, 0.4) is 0 Å². The first-order chi connectivity index (χ1) is 8.83. The molecule has 3 saturated heterocycles. The Morgan fingerprint density at radius 3 is 2.56 bits per heavy atom. The molecule has 1 N–H and O–H groups in total. The fourth-order valence-corrected chi connectivity index (χ4v) is 4.08. The Bertz CT molecular complexity index is 251. The molecule has 0 radical (unpaired) electrons. The van der Waals surface area contributed by atoms with E-state index in [1.165, 1.54) is 51.5 Å². The number of rotatable bonds is 3. The molecule has 0 spiro atoms. The summed E-state index contributed by atoms with van der Waals surface area (Å²) in [5, 5.41) is 3.83. The number of piperidine rings is 2. The first kappa shape index (κ1) is 12.9. The van der Waals surface area contributed by atoms with Crippen LogP contribution in [0.4, 0.5) is 0 Å². The van der Waals surface area contributed by atoms with Crippen molar-refractivity contribution >= 4 is 0 Å². The van der Waals surface area contributed by atoms with Crippen LogP contribution < -0.4 is 5.32 Å². The van der Waals surface area contributed by atoms with Crippen LogP contribution >= 0.6 is 0 Å². The molecule has 0 aromatic heterocycles. The Balaban J connectivity index is 1.46. The van der Waals surface area contributed by atoms with E-state index in [0.717, 1.165) is 37.3 Å². The summed E-state index contributed by atoms with van der Waals surface area (Å²) in [6, 6.07) is 2.45. The molecule has 0 saturated carbocycles. The molecule has 0 aromatic carbocycles. The van der Waals surface area contributed by atoms with Gasteiger partial charge in [0.25, 0.3) is 0 Å². The predicted molar refractivity (Wildman–Crippen MR) is 73.8 cm³/mol. The van der Waals surface area contributed by atoms with Crippen molar-refractivity contribution < 1.29 is 4.74 Å². The van der Waals surface area contributed by atoms with Gasteiger partial charge in [0, 0.05) is 31.3 Å². The second-order valence-corrected chi connectivity index (χ2v) is 6.56. The van der Waals surface area contributed by atoms with Crippen molar-refractivity contribution in [3.05, 3.63) is 0 Å². The highest BCUT2D eigenvalue weighted by Gasteiger charge is 2.35. The van der Waals surface area contributed by atoms with E-state index >= 15 is 0 Å². The summed E-state index contributed by atoms with van der Waals surface area (Å²) in [6.45, 7) is 3.13. The van der Waals surface area contributed by atoms with E-state index in [4.69, 9.17) is 4.74 Å². The molecule has 0 amide bonds. The highest BCUT2D eigenvalue weighted by atomic mass is 16.5. The second-order valence-electron chi connectivity index (χ2n) is 6.56. The van der Waals surface area contributed by atoms with Gasteiger partial charge < -0.3 is 15.0 Å². The van der Waals surface area contributed by atoms with Gasteiger partial charge in [0.05, 0.1) is 6.61 Å². The molecule has 3 nitrogen and oxygen atoms in total. The molecule has 18 heavy (non-hydrogen) atoms. The average Bonchev–Trinajstić information content (AvgIpc) is 2.38. The number of nitrogens with zero attached hydrogens (tertiary/aromatic N) is 1. The summed E-state index contributed by atoms with van der Waals surface area (Å²) in [4.78, 5) is 2.64. The maximum Gasteiger partial charge on any atom is 0.0506 e. The van der Waals surface area contributed by atoms with Crippen LogP contribution in [0.2, 0.25) is 0 Å². The summed E-state index contributed by atoms with van der Waals surface area (Å²) in [6.07, 6.45) is 9.61. The van der Waals surface area contributed by atoms with Gasteiger partial charge in [-0.05, 0) is 51.5 Å². The quantitative estimate of drug-likeness (QED) is 0.831. The molecule has 3 rings (SSSR count). The number of nitrogens with one attached hydrogen (secondary N) is 1. The van der Waals surface area contributed by atoms with Gasteiger partial charge in [-0.2, -0.15) is 0 Å². The molecular formula is C15H28N2O. The van der Waals surface area contributed by atoms with Crippen LogP contribution in [0, 0.1) is 5.92 Å². The zero-order valence-electron chi connectivity index (χ0n) is 11.7. The van der Waals surface area contributed by atoms with Crippen LogP contribution in [0.15, 0.2) is 0 Å². The zero-order valence-corrected chi connectivity index (χ0v) is 11.7. The molecule has 2 bridgehead atoms. The van der Waals surface area contributed by atoms with Gasteiger partial charge in [-0.1, -0.05) is 6.42 Å². The molecule has 3 atom stereocenters. The van der Waals surface area contributed by atoms with Crippen LogP contribution in [-0.2, 0) is 4.74 Å². The summed E-state index contributed by atoms with van der Waals surface area (Å²) in [7, 11) is 2.33. The van der Waals surface area contributed by atoms with Gasteiger partial charge in [-0.3, -0.25) is 0 Å². The van der Waals surface area contributed by atoms with Crippen molar-refractivity contribution in [2.45, 2.75) is 63.1 Å². The predicted octanol–water partition coefficient (Wildman–Crippen LogP) is 2.02. The lowest BCUT2D eigenvalue weighted by Gasteiger charge is -2.47. The third-order valence-electron chi connectivity index (χ3n) is 5.29. The van der Waals surface area contributed by atoms with Gasteiger partial charge in [0.1, 0.15) is 0 Å². The molecule has 0 aliphatic carbocycles. The SMILES string of the molecule is CN1C2CCCC1CC(NCC1CCCOC1)C2. The minimum Gasteiger partial charge on any atom is -0.381 e. The van der Waals surface area contributed by atoms with Crippen molar-refractivity contribution in [2.24, 2.45) is 5.92 Å². The summed E-state index contributed by atoms with van der Waals surface area (Å²) in [5.74, 6) is 0.762. The molecule has 3 heterocycles. The number of ether oxygens (including phenoxy) is 1. The van der Waals surface area contributed by atoms with Gasteiger partial charge in [0.2, 0.25) is 0 Å². The topological polar surface area (TPSA) is 24.5 Å². The lowest BCUT2D eigenvalue weighted by atomic mass is 9.82. The Kier molecular flexibility index (Phi) is 4.22. The summed E-state index contributed by atoms with van der Waals surface area (Å²) >= 11 is 0. The van der Waals surface area contributed by atoms with E-state index in [0.29, 0.717) is 0 Å². The molecule has 3 aliphatic heterocycles. The van der Waals surface area contributed by atoms with Gasteiger partial charge in [0.15, 0.2) is 0 Å². The lowest BCUT2D eigenvalue weighted by molar-refractivity contribution is 0.0357. The Hall–Kier alpha value is -0.120. The minimum absolute atomic E-state index is 0.762. The first-order valence-corrected chi connectivity index (χ1v) is 7.86. The molecule has 0 aromatic rings. The van der Waals surface area contributed by atoms with Crippen molar-refractivity contribution in [3.63, 3.8) is 0 Å². The van der Waals surface area contributed by atoms with E-state index < -0.39 is 0 Å². The highest BCUT2D eigenvalue weighted by Crippen LogP contribution is 2.32. The van der Waals surface area contributed by atoms with Crippen molar-refractivity contribution in [1.29, 1.82) is 0 Å². The molecule has 104 valence electrons. The fourth-order valence-electron chi connectivity index (χ4n) is 4.08. The van der Waals surface area contributed by atoms with Gasteiger partial charge >= 0.3 is 0 Å². The van der Waals surface area contributed by atoms with E-state index in [9.17, 15) is 0 Å². The Labute approximate surface area is 111 Å². The van der Waals surface area contributed by atoms with E-state index in [1.54, 1.807) is 0 Å². The van der Waals surface area contributed by atoms with Crippen molar-refractivity contribution in [1.82, 2.24) is 10.2 Å². The number of fused-ring (bicyclic) bond motifs is 2. The van der Waals surface area contributed by atoms with Crippen molar-refractivity contribution in [2.75, 3.05) is 26.8 Å². The van der Waals surface area contributed by atoms with Crippen LogP contribution in [-0.4, -0.2) is 49.8 Å². The Morgan fingerprint density at radius 2 is 1.89 bits per heavy atom. The number of hydrogen-bond acceptors (Lipinski definition) is 3. The number of hydrogen-bond donors (Lipinski definition) is 1. The average molecular weight is 252 g/mol. The van der Waals surface area contributed by atoms with Crippen LogP contribution in [0.5, 0.6) is 0 Å². The lowest BCUT2D eigenvalue weighted by Crippen LogP contribution is -2.55. The standard InChI is InChI=1S/C15H28N2O/c1-17-14-5-2-6-15(17)9-13(8-14)16-10-12-4-3-7-18-11-12/h12-16H,2-11H2,1H3. The Morgan fingerprint density at radius 1 is 1.11 bits per heavy atom. The molecule has 3 fully saturated rings. The summed E-state index contributed by atoms with van der Waals surface area (Å²) < 4.78 is 5.57. The van der Waals surface area contributed by atoms with E-state index in [1.807, 2.05) is 0 Å². The van der Waals surface area contributed by atoms with Crippen LogP contribution in [0.25, 0.3) is 0 Å². The van der Waals surface area contributed by atoms with Crippen LogP contribution in [0.1, 0.15) is 44.9 Å². The highest BCUT2D eigenvalue weighted by molar-refractivity contribution is 4.93. The maximum absolute atomic E-state index is 5.57. The second kappa shape index (κ2) is 5.89. The fraction of sp³-hybridized carbons (Fsp3) is 1.00. The first-order valence-electron chi connectivity index (χ1n) is 7.86. The normalized spacial score (nSPS) is 41.8. The largest absolute Gasteiger partial charge is 0.381 e. The minimum atomic E-state index is 0.762. The van der Waals surface area contributed by atoms with Gasteiger partial charge in [-0.25, -0.2) is 0 Å². The zero-order chi connectivity index (χ0) is 12.4. The molecular weight excluding hydrogens is 224 g/mol. The molecule has 3 aliphatic rings.